The molecular formula is C16H27N3O. The van der Waals surface area contributed by atoms with E-state index in [1.807, 2.05) is 32.9 Å². The van der Waals surface area contributed by atoms with Crippen LogP contribution in [0.1, 0.15) is 58.5 Å². The minimum atomic E-state index is -0.259. The van der Waals surface area contributed by atoms with Crippen LogP contribution in [-0.2, 0) is 0 Å². The van der Waals surface area contributed by atoms with E-state index in [9.17, 15) is 4.79 Å². The van der Waals surface area contributed by atoms with Gasteiger partial charge in [-0.05, 0) is 44.7 Å². The monoisotopic (exact) mass is 277 g/mol. The predicted molar refractivity (Wildman–Crippen MR) is 84.0 cm³/mol. The zero-order valence-corrected chi connectivity index (χ0v) is 13.5. The lowest BCUT2D eigenvalue weighted by atomic mass is 9.82. The normalized spacial score (nSPS) is 12.1. The van der Waals surface area contributed by atoms with Crippen molar-refractivity contribution in [3.05, 3.63) is 23.9 Å². The molecule has 0 spiro atoms. The van der Waals surface area contributed by atoms with Crippen LogP contribution in [0.25, 0.3) is 0 Å². The number of nitrogens with one attached hydrogen (secondary N) is 2. The molecule has 0 atom stereocenters. The maximum Gasteiger partial charge on any atom is 0.270 e. The molecule has 20 heavy (non-hydrogen) atoms. The summed E-state index contributed by atoms with van der Waals surface area (Å²) in [5.74, 6) is 0.604. The molecule has 112 valence electrons. The largest absolute Gasteiger partial charge is 0.370 e. The van der Waals surface area contributed by atoms with Gasteiger partial charge in [-0.2, -0.15) is 0 Å². The lowest BCUT2D eigenvalue weighted by Crippen LogP contribution is -2.46. The number of nitrogens with zero attached hydrogens (tertiary/aromatic N) is 1. The van der Waals surface area contributed by atoms with Crippen molar-refractivity contribution in [1.29, 1.82) is 0 Å². The molecule has 1 rings (SSSR count). The molecule has 1 amide bonds. The highest BCUT2D eigenvalue weighted by Crippen LogP contribution is 2.26. The van der Waals surface area contributed by atoms with Crippen molar-refractivity contribution in [2.75, 3.05) is 11.9 Å². The van der Waals surface area contributed by atoms with Crippen molar-refractivity contribution in [3.8, 4) is 0 Å². The summed E-state index contributed by atoms with van der Waals surface area (Å²) in [5, 5.41) is 6.18. The first-order valence-electron chi connectivity index (χ1n) is 7.16. The second kappa shape index (κ2) is 6.25. The van der Waals surface area contributed by atoms with Crippen LogP contribution in [0.5, 0.6) is 0 Å². The maximum absolute atomic E-state index is 12.3. The van der Waals surface area contributed by atoms with Crippen molar-refractivity contribution in [2.45, 2.75) is 53.5 Å². The van der Waals surface area contributed by atoms with Gasteiger partial charge < -0.3 is 10.6 Å². The van der Waals surface area contributed by atoms with E-state index in [-0.39, 0.29) is 16.9 Å². The highest BCUT2D eigenvalue weighted by atomic mass is 16.2. The molecule has 0 aliphatic carbocycles. The van der Waals surface area contributed by atoms with Gasteiger partial charge in [0.05, 0.1) is 0 Å². The van der Waals surface area contributed by atoms with E-state index in [1.165, 1.54) is 0 Å². The van der Waals surface area contributed by atoms with Crippen LogP contribution in [0.2, 0.25) is 0 Å². The number of hydrogen-bond acceptors (Lipinski definition) is 3. The standard InChI is InChI=1S/C16H27N3O/c1-7-17-13-10-8-9-12(18-13)14(20)19-16(5,6)11-15(2,3)4/h8-10H,7,11H2,1-6H3,(H,17,18)(H,19,20). The van der Waals surface area contributed by atoms with Crippen LogP contribution in [0, 0.1) is 5.41 Å². The predicted octanol–water partition coefficient (Wildman–Crippen LogP) is 3.46. The van der Waals surface area contributed by atoms with Crippen LogP contribution < -0.4 is 10.6 Å². The third-order valence-electron chi connectivity index (χ3n) is 2.76. The van der Waals surface area contributed by atoms with E-state index < -0.39 is 0 Å². The molecule has 4 nitrogen and oxygen atoms in total. The minimum absolute atomic E-state index is 0.126. The third kappa shape index (κ3) is 5.59. The molecule has 0 saturated heterocycles. The Morgan fingerprint density at radius 1 is 1.20 bits per heavy atom. The van der Waals surface area contributed by atoms with Gasteiger partial charge >= 0.3 is 0 Å². The maximum atomic E-state index is 12.3. The molecule has 1 heterocycles. The highest BCUT2D eigenvalue weighted by molar-refractivity contribution is 5.93. The number of amides is 1. The lowest BCUT2D eigenvalue weighted by molar-refractivity contribution is 0.0886. The van der Waals surface area contributed by atoms with Crippen LogP contribution >= 0.6 is 0 Å². The average Bonchev–Trinajstić information content (AvgIpc) is 2.25. The minimum Gasteiger partial charge on any atom is -0.370 e. The molecule has 4 heteroatoms. The number of anilines is 1. The molecule has 0 aliphatic rings. The fourth-order valence-corrected chi connectivity index (χ4v) is 2.58. The van der Waals surface area contributed by atoms with Gasteiger partial charge in [0.15, 0.2) is 0 Å². The van der Waals surface area contributed by atoms with E-state index in [1.54, 1.807) is 6.07 Å². The van der Waals surface area contributed by atoms with Gasteiger partial charge in [-0.25, -0.2) is 4.98 Å². The first kappa shape index (κ1) is 16.5. The van der Waals surface area contributed by atoms with E-state index in [2.05, 4.69) is 36.4 Å². The Morgan fingerprint density at radius 3 is 2.40 bits per heavy atom. The van der Waals surface area contributed by atoms with Crippen LogP contribution in [0.3, 0.4) is 0 Å². The number of hydrogen-bond donors (Lipinski definition) is 2. The Labute approximate surface area is 122 Å². The SMILES string of the molecule is CCNc1cccc(C(=O)NC(C)(C)CC(C)(C)C)n1. The van der Waals surface area contributed by atoms with Crippen molar-refractivity contribution in [1.82, 2.24) is 10.3 Å². The van der Waals surface area contributed by atoms with E-state index in [4.69, 9.17) is 0 Å². The van der Waals surface area contributed by atoms with Crippen LogP contribution in [0.15, 0.2) is 18.2 Å². The molecule has 0 unspecified atom stereocenters. The summed E-state index contributed by atoms with van der Waals surface area (Å²) in [6, 6.07) is 5.45. The lowest BCUT2D eigenvalue weighted by Gasteiger charge is -2.33. The van der Waals surface area contributed by atoms with E-state index >= 15 is 0 Å². The summed E-state index contributed by atoms with van der Waals surface area (Å²) >= 11 is 0. The molecule has 1 aromatic heterocycles. The number of rotatable bonds is 5. The van der Waals surface area contributed by atoms with Gasteiger partial charge in [0.25, 0.3) is 5.91 Å². The molecule has 0 bridgehead atoms. The highest BCUT2D eigenvalue weighted by Gasteiger charge is 2.27. The number of aromatic nitrogens is 1. The molecule has 0 aliphatic heterocycles. The van der Waals surface area contributed by atoms with Gasteiger partial charge in [0.1, 0.15) is 11.5 Å². The van der Waals surface area contributed by atoms with Crippen LogP contribution in [0.4, 0.5) is 5.82 Å². The van der Waals surface area contributed by atoms with Gasteiger partial charge in [0, 0.05) is 12.1 Å². The summed E-state index contributed by atoms with van der Waals surface area (Å²) in [6.07, 6.45) is 0.901. The van der Waals surface area contributed by atoms with Gasteiger partial charge in [-0.3, -0.25) is 4.79 Å². The summed E-state index contributed by atoms with van der Waals surface area (Å²) in [7, 11) is 0. The fraction of sp³-hybridized carbons (Fsp3) is 0.625. The summed E-state index contributed by atoms with van der Waals surface area (Å²) < 4.78 is 0. The molecule has 2 N–H and O–H groups in total. The first-order valence-corrected chi connectivity index (χ1v) is 7.16. The van der Waals surface area contributed by atoms with Crippen molar-refractivity contribution >= 4 is 11.7 Å². The zero-order chi connectivity index (χ0) is 15.4. The summed E-state index contributed by atoms with van der Waals surface area (Å²) in [5.41, 5.74) is 0.353. The Balaban J connectivity index is 2.78. The van der Waals surface area contributed by atoms with Crippen molar-refractivity contribution in [2.24, 2.45) is 5.41 Å². The van der Waals surface area contributed by atoms with E-state index in [0.717, 1.165) is 18.8 Å². The number of pyridine rings is 1. The van der Waals surface area contributed by atoms with E-state index in [0.29, 0.717) is 5.69 Å². The molecular weight excluding hydrogens is 250 g/mol. The summed E-state index contributed by atoms with van der Waals surface area (Å²) in [4.78, 5) is 16.6. The Morgan fingerprint density at radius 2 is 1.85 bits per heavy atom. The average molecular weight is 277 g/mol. The molecule has 0 fully saturated rings. The molecule has 0 saturated carbocycles. The zero-order valence-electron chi connectivity index (χ0n) is 13.5. The van der Waals surface area contributed by atoms with Gasteiger partial charge in [0.2, 0.25) is 0 Å². The van der Waals surface area contributed by atoms with Gasteiger partial charge in [-0.1, -0.05) is 26.8 Å². The first-order chi connectivity index (χ1) is 9.13. The number of carbonyl (C=O) groups excluding carboxylic acids is 1. The Kier molecular flexibility index (Phi) is 5.15. The molecule has 0 aromatic carbocycles. The number of carbonyl (C=O) groups is 1. The van der Waals surface area contributed by atoms with Crippen molar-refractivity contribution < 1.29 is 4.79 Å². The topological polar surface area (TPSA) is 54.0 Å². The Hall–Kier alpha value is -1.58. The quantitative estimate of drug-likeness (QED) is 0.866. The third-order valence-corrected chi connectivity index (χ3v) is 2.76. The molecule has 1 aromatic rings. The second-order valence-electron chi connectivity index (χ2n) is 7.01. The second-order valence-corrected chi connectivity index (χ2v) is 7.01. The fourth-order valence-electron chi connectivity index (χ4n) is 2.58. The van der Waals surface area contributed by atoms with Crippen LogP contribution in [-0.4, -0.2) is 23.0 Å². The van der Waals surface area contributed by atoms with Crippen molar-refractivity contribution in [3.63, 3.8) is 0 Å². The van der Waals surface area contributed by atoms with Gasteiger partial charge in [-0.15, -0.1) is 0 Å². The summed E-state index contributed by atoms with van der Waals surface area (Å²) in [6.45, 7) is 13.4. The smallest absolute Gasteiger partial charge is 0.270 e. The molecule has 0 radical (unpaired) electrons. The Bertz CT molecular complexity index is 461.